The fourth-order valence-corrected chi connectivity index (χ4v) is 5.60. The first-order chi connectivity index (χ1) is 20.0. The SMILES string of the molecule is C[C@H](Nc1ncnc2[nH]ccc(=O)c12)c1c(Cl)c2cccc(-c3ccc(C4C=N4)cn3)c2c(=O)n1-c1ccccc1. The van der Waals surface area contributed by atoms with Crippen LogP contribution in [0, 0.1) is 0 Å². The van der Waals surface area contributed by atoms with Gasteiger partial charge >= 0.3 is 0 Å². The molecule has 0 radical (unpaired) electrons. The van der Waals surface area contributed by atoms with Crippen molar-refractivity contribution < 1.29 is 0 Å². The molecule has 2 atom stereocenters. The Hall–Kier alpha value is -5.15. The molecule has 9 nitrogen and oxygen atoms in total. The minimum absolute atomic E-state index is 0.0907. The Labute approximate surface area is 238 Å². The zero-order valence-corrected chi connectivity index (χ0v) is 22.5. The second-order valence-corrected chi connectivity index (χ2v) is 10.2. The minimum atomic E-state index is -0.530. The number of rotatable bonds is 6. The minimum Gasteiger partial charge on any atom is -0.361 e. The molecule has 6 aromatic rings. The van der Waals surface area contributed by atoms with E-state index in [9.17, 15) is 9.59 Å². The van der Waals surface area contributed by atoms with Crippen LogP contribution in [0.3, 0.4) is 0 Å². The lowest BCUT2D eigenvalue weighted by molar-refractivity contribution is 0.774. The number of aromatic amines is 1. The highest BCUT2D eigenvalue weighted by molar-refractivity contribution is 6.36. The number of para-hydroxylation sites is 1. The highest BCUT2D eigenvalue weighted by Gasteiger charge is 2.25. The van der Waals surface area contributed by atoms with Crippen molar-refractivity contribution in [3.05, 3.63) is 122 Å². The van der Waals surface area contributed by atoms with Crippen LogP contribution >= 0.6 is 11.6 Å². The Bertz CT molecular complexity index is 2090. The van der Waals surface area contributed by atoms with Crippen molar-refractivity contribution in [1.29, 1.82) is 0 Å². The number of aromatic nitrogens is 5. The number of aliphatic imine (C=N–C) groups is 1. The number of pyridine rings is 3. The summed E-state index contributed by atoms with van der Waals surface area (Å²) >= 11 is 7.18. The van der Waals surface area contributed by atoms with Gasteiger partial charge in [-0.3, -0.25) is 24.1 Å². The third-order valence-corrected chi connectivity index (χ3v) is 7.61. The van der Waals surface area contributed by atoms with Crippen molar-refractivity contribution in [3.63, 3.8) is 0 Å². The normalized spacial score (nSPS) is 14.8. The average molecular weight is 560 g/mol. The van der Waals surface area contributed by atoms with Gasteiger partial charge in [-0.25, -0.2) is 9.97 Å². The van der Waals surface area contributed by atoms with Crippen LogP contribution in [0.2, 0.25) is 5.02 Å². The fourth-order valence-electron chi connectivity index (χ4n) is 5.20. The highest BCUT2D eigenvalue weighted by Crippen LogP contribution is 2.36. The van der Waals surface area contributed by atoms with Gasteiger partial charge in [-0.15, -0.1) is 0 Å². The van der Waals surface area contributed by atoms with E-state index in [4.69, 9.17) is 11.6 Å². The van der Waals surface area contributed by atoms with Gasteiger partial charge < -0.3 is 10.3 Å². The average Bonchev–Trinajstić information content (AvgIpc) is 3.85. The Morgan fingerprint density at radius 3 is 2.54 bits per heavy atom. The smallest absolute Gasteiger partial charge is 0.264 e. The molecule has 0 spiro atoms. The van der Waals surface area contributed by atoms with Gasteiger partial charge in [0.05, 0.1) is 27.8 Å². The Morgan fingerprint density at radius 2 is 1.78 bits per heavy atom. The van der Waals surface area contributed by atoms with Crippen molar-refractivity contribution >= 4 is 45.4 Å². The maximum Gasteiger partial charge on any atom is 0.264 e. The molecule has 2 aromatic carbocycles. The molecule has 0 amide bonds. The number of halogens is 1. The lowest BCUT2D eigenvalue weighted by atomic mass is 10.00. The van der Waals surface area contributed by atoms with E-state index in [0.29, 0.717) is 55.3 Å². The second kappa shape index (κ2) is 9.79. The quantitative estimate of drug-likeness (QED) is 0.273. The van der Waals surface area contributed by atoms with Crippen molar-refractivity contribution in [1.82, 2.24) is 24.5 Å². The molecule has 5 heterocycles. The second-order valence-electron chi connectivity index (χ2n) is 9.78. The number of nitrogens with zero attached hydrogens (tertiary/aromatic N) is 5. The predicted molar refractivity (Wildman–Crippen MR) is 161 cm³/mol. The van der Waals surface area contributed by atoms with Crippen molar-refractivity contribution in [2.75, 3.05) is 5.32 Å². The molecule has 1 aliphatic heterocycles. The first-order valence-corrected chi connectivity index (χ1v) is 13.4. The number of hydrogen-bond donors (Lipinski definition) is 2. The topological polar surface area (TPSA) is 118 Å². The van der Waals surface area contributed by atoms with E-state index in [1.165, 1.54) is 18.6 Å². The summed E-state index contributed by atoms with van der Waals surface area (Å²) in [4.78, 5) is 47.5. The van der Waals surface area contributed by atoms with E-state index in [1.807, 2.05) is 73.8 Å². The molecule has 2 N–H and O–H groups in total. The Morgan fingerprint density at radius 1 is 0.951 bits per heavy atom. The maximum atomic E-state index is 14.5. The van der Waals surface area contributed by atoms with E-state index in [-0.39, 0.29) is 17.0 Å². The van der Waals surface area contributed by atoms with Crippen molar-refractivity contribution in [2.24, 2.45) is 4.99 Å². The summed E-state index contributed by atoms with van der Waals surface area (Å²) in [6, 6.07) is 19.8. The molecule has 1 unspecified atom stereocenters. The van der Waals surface area contributed by atoms with Crippen LogP contribution in [-0.2, 0) is 0 Å². The van der Waals surface area contributed by atoms with Crippen LogP contribution in [-0.4, -0.2) is 30.7 Å². The molecule has 0 aliphatic carbocycles. The van der Waals surface area contributed by atoms with Gasteiger partial charge in [-0.2, -0.15) is 0 Å². The third-order valence-electron chi connectivity index (χ3n) is 7.21. The van der Waals surface area contributed by atoms with E-state index in [0.717, 1.165) is 5.56 Å². The van der Waals surface area contributed by atoms with Crippen LogP contribution in [0.1, 0.15) is 30.3 Å². The maximum absolute atomic E-state index is 14.5. The Kier molecular flexibility index (Phi) is 5.94. The van der Waals surface area contributed by atoms with E-state index in [1.54, 1.807) is 10.8 Å². The first-order valence-electron chi connectivity index (χ1n) is 13.0. The van der Waals surface area contributed by atoms with Gasteiger partial charge in [-0.1, -0.05) is 54.1 Å². The van der Waals surface area contributed by atoms with Crippen LogP contribution in [0.5, 0.6) is 0 Å². The van der Waals surface area contributed by atoms with Crippen LogP contribution in [0.4, 0.5) is 5.82 Å². The van der Waals surface area contributed by atoms with Gasteiger partial charge in [-0.05, 0) is 25.1 Å². The summed E-state index contributed by atoms with van der Waals surface area (Å²) in [6.45, 7) is 1.88. The molecule has 0 saturated heterocycles. The number of fused-ring (bicyclic) bond motifs is 2. The zero-order valence-electron chi connectivity index (χ0n) is 21.7. The summed E-state index contributed by atoms with van der Waals surface area (Å²) in [5, 5.41) is 5.10. The molecule has 7 rings (SSSR count). The molecule has 0 bridgehead atoms. The van der Waals surface area contributed by atoms with E-state index in [2.05, 4.69) is 30.2 Å². The molecule has 10 heteroatoms. The molecule has 1 aliphatic rings. The summed E-state index contributed by atoms with van der Waals surface area (Å²) in [5.74, 6) is 0.338. The number of anilines is 1. The lowest BCUT2D eigenvalue weighted by Crippen LogP contribution is -2.27. The van der Waals surface area contributed by atoms with Crippen LogP contribution in [0.15, 0.2) is 100 Å². The lowest BCUT2D eigenvalue weighted by Gasteiger charge is -2.24. The van der Waals surface area contributed by atoms with Gasteiger partial charge in [0.2, 0.25) is 0 Å². The molecule has 0 fully saturated rings. The third kappa shape index (κ3) is 4.27. The number of hydrogen-bond acceptors (Lipinski definition) is 7. The fraction of sp³-hybridized carbons (Fsp3) is 0.0968. The van der Waals surface area contributed by atoms with Crippen LogP contribution < -0.4 is 16.3 Å². The summed E-state index contributed by atoms with van der Waals surface area (Å²) in [7, 11) is 0. The van der Waals surface area contributed by atoms with Gasteiger partial charge in [0.1, 0.15) is 29.2 Å². The standard InChI is InChI=1S/C31H22ClN7O2/c1-17(38-30-26-24(40)12-13-33-29(26)36-16-37-30)28-27(32)21-9-5-8-20(22-11-10-18(14-34-22)23-15-35-23)25(21)31(41)39(28)19-6-3-2-4-7-19/h2-17,23H,1H3,(H2,33,36,37,38,40)/t17-,23?/m0/s1. The highest BCUT2D eigenvalue weighted by atomic mass is 35.5. The number of benzene rings is 2. The van der Waals surface area contributed by atoms with Crippen molar-refractivity contribution in [3.8, 4) is 16.9 Å². The summed E-state index contributed by atoms with van der Waals surface area (Å²) in [6.07, 6.45) is 6.57. The molecular weight excluding hydrogens is 538 g/mol. The number of H-pyrrole nitrogens is 1. The molecule has 41 heavy (non-hydrogen) atoms. The number of nitrogens with one attached hydrogen (secondary N) is 2. The summed E-state index contributed by atoms with van der Waals surface area (Å²) < 4.78 is 1.62. The molecule has 4 aromatic heterocycles. The van der Waals surface area contributed by atoms with E-state index >= 15 is 0 Å². The predicted octanol–water partition coefficient (Wildman–Crippen LogP) is 5.64. The van der Waals surface area contributed by atoms with Gasteiger partial charge in [0.25, 0.3) is 5.56 Å². The largest absolute Gasteiger partial charge is 0.361 e. The van der Waals surface area contributed by atoms with Crippen LogP contribution in [0.25, 0.3) is 38.8 Å². The Balaban J connectivity index is 1.44. The zero-order chi connectivity index (χ0) is 28.1. The first kappa shape index (κ1) is 24.9. The molecular formula is C31H22ClN7O2. The molecule has 200 valence electrons. The summed E-state index contributed by atoms with van der Waals surface area (Å²) in [5.41, 5.74) is 3.48. The monoisotopic (exact) mass is 559 g/mol. The van der Waals surface area contributed by atoms with E-state index < -0.39 is 6.04 Å². The van der Waals surface area contributed by atoms with Gasteiger partial charge in [0, 0.05) is 46.9 Å². The van der Waals surface area contributed by atoms with Gasteiger partial charge in [0.15, 0.2) is 5.43 Å². The molecule has 0 saturated carbocycles. The van der Waals surface area contributed by atoms with Crippen molar-refractivity contribution in [2.45, 2.75) is 19.0 Å².